The molecular formula is C63H105N3O6. The lowest BCUT2D eigenvalue weighted by Gasteiger charge is -2.45. The molecule has 2 rings (SSSR count). The van der Waals surface area contributed by atoms with Gasteiger partial charge in [0.05, 0.1) is 0 Å². The highest BCUT2D eigenvalue weighted by Crippen LogP contribution is 2.44. The zero-order valence-corrected chi connectivity index (χ0v) is 47.0. The van der Waals surface area contributed by atoms with E-state index in [0.717, 1.165) is 77.0 Å². The van der Waals surface area contributed by atoms with Crippen molar-refractivity contribution in [3.05, 3.63) is 48.1 Å². The predicted molar refractivity (Wildman–Crippen MR) is 302 cm³/mol. The van der Waals surface area contributed by atoms with Crippen LogP contribution in [0.25, 0.3) is 0 Å². The van der Waals surface area contributed by atoms with E-state index in [1.807, 2.05) is 7.05 Å². The number of hydrogen-bond acceptors (Lipinski definition) is 7. The fraction of sp³-hybridized carbons (Fsp3) is 0.746. The molecule has 2 aliphatic rings. The Balaban J connectivity index is 0.00000115. The summed E-state index contributed by atoms with van der Waals surface area (Å²) in [7, 11) is 1.86. The number of amides is 2. The van der Waals surface area contributed by atoms with Crippen molar-refractivity contribution in [2.45, 2.75) is 264 Å². The summed E-state index contributed by atoms with van der Waals surface area (Å²) in [5.41, 5.74) is -0.231. The Labute approximate surface area is 441 Å². The Morgan fingerprint density at radius 2 is 1.19 bits per heavy atom. The van der Waals surface area contributed by atoms with Gasteiger partial charge in [0.2, 0.25) is 12.3 Å². The number of esters is 2. The second-order valence-electron chi connectivity index (χ2n) is 20.5. The molecule has 2 bridgehead atoms. The van der Waals surface area contributed by atoms with Gasteiger partial charge in [-0.15, -0.1) is 11.8 Å². The summed E-state index contributed by atoms with van der Waals surface area (Å²) >= 11 is 0. The van der Waals surface area contributed by atoms with Gasteiger partial charge in [0, 0.05) is 50.6 Å². The first kappa shape index (κ1) is 65.9. The van der Waals surface area contributed by atoms with Crippen molar-refractivity contribution in [1.29, 1.82) is 0 Å². The number of carbonyl (C=O) groups is 4. The number of nitrogens with one attached hydrogen (secondary N) is 2. The largest absolute Gasteiger partial charge is 0.465 e. The molecule has 0 aromatic heterocycles. The smallest absolute Gasteiger partial charge is 0.305 e. The maximum absolute atomic E-state index is 14.7. The fourth-order valence-corrected chi connectivity index (χ4v) is 9.79. The maximum atomic E-state index is 14.7. The van der Waals surface area contributed by atoms with Gasteiger partial charge in [-0.25, -0.2) is 0 Å². The molecule has 0 saturated heterocycles. The van der Waals surface area contributed by atoms with Crippen LogP contribution in [0.5, 0.6) is 0 Å². The van der Waals surface area contributed by atoms with Crippen LogP contribution in [0.2, 0.25) is 0 Å². The molecule has 0 radical (unpaired) electrons. The molecule has 0 aromatic rings. The number of rotatable bonds is 41. The lowest BCUT2D eigenvalue weighted by atomic mass is 9.76. The molecule has 2 aliphatic carbocycles. The molecule has 9 heteroatoms. The highest BCUT2D eigenvalue weighted by molar-refractivity contribution is 5.89. The molecule has 0 aliphatic heterocycles. The minimum Gasteiger partial charge on any atom is -0.465 e. The molecule has 408 valence electrons. The first-order chi connectivity index (χ1) is 35.1. The molecular weight excluding hydrogens is 895 g/mol. The van der Waals surface area contributed by atoms with Crippen LogP contribution < -0.4 is 10.6 Å². The minimum atomic E-state index is -1.24. The van der Waals surface area contributed by atoms with Crippen molar-refractivity contribution in [3.8, 4) is 23.7 Å². The second-order valence-corrected chi connectivity index (χ2v) is 20.5. The molecule has 1 saturated carbocycles. The van der Waals surface area contributed by atoms with Crippen LogP contribution in [-0.4, -0.2) is 73.6 Å². The minimum absolute atomic E-state index is 0.123. The van der Waals surface area contributed by atoms with Crippen molar-refractivity contribution in [3.63, 3.8) is 0 Å². The summed E-state index contributed by atoms with van der Waals surface area (Å²) in [5, 5.41) is 6.58. The zero-order valence-electron chi connectivity index (χ0n) is 47.0. The van der Waals surface area contributed by atoms with E-state index in [-0.39, 0.29) is 62.3 Å². The van der Waals surface area contributed by atoms with Gasteiger partial charge in [-0.1, -0.05) is 172 Å². The molecule has 2 atom stereocenters. The lowest BCUT2D eigenvalue weighted by molar-refractivity contribution is -0.147. The van der Waals surface area contributed by atoms with E-state index in [0.29, 0.717) is 51.1 Å². The Bertz CT molecular complexity index is 1620. The third-order valence-corrected chi connectivity index (χ3v) is 13.7. The number of allylic oxidation sites excluding steroid dienone is 6. The molecule has 0 heterocycles. The average molecular weight is 1000 g/mol. The van der Waals surface area contributed by atoms with Crippen molar-refractivity contribution < 1.29 is 28.7 Å². The van der Waals surface area contributed by atoms with Crippen LogP contribution >= 0.6 is 0 Å². The lowest BCUT2D eigenvalue weighted by Crippen LogP contribution is -2.63. The SMILES string of the molecule is CC/C=C\C/C=C\C/C=C\CCCCCCCCC.CCCCCCC#CCCOC(=O)CCCC(CCCC(=O)OCCC#CCCCCCC)(C(=O)NC12CC=C(CC(C)C1)C2)N(C=O)CCCNC. The highest BCUT2D eigenvalue weighted by Gasteiger charge is 2.48. The van der Waals surface area contributed by atoms with Gasteiger partial charge in [-0.2, -0.15) is 0 Å². The van der Waals surface area contributed by atoms with Crippen molar-refractivity contribution >= 4 is 24.3 Å². The van der Waals surface area contributed by atoms with E-state index < -0.39 is 5.54 Å². The highest BCUT2D eigenvalue weighted by atomic mass is 16.5. The summed E-state index contributed by atoms with van der Waals surface area (Å²) in [6.45, 7) is 12.6. The van der Waals surface area contributed by atoms with Crippen LogP contribution in [-0.2, 0) is 28.7 Å². The van der Waals surface area contributed by atoms with E-state index in [1.165, 1.54) is 95.5 Å². The molecule has 2 N–H and O–H groups in total. The van der Waals surface area contributed by atoms with Crippen LogP contribution in [0, 0.1) is 29.6 Å². The third kappa shape index (κ3) is 32.9. The first-order valence-corrected chi connectivity index (χ1v) is 29.2. The summed E-state index contributed by atoms with van der Waals surface area (Å²) in [6, 6.07) is 0. The average Bonchev–Trinajstić information content (AvgIpc) is 3.67. The summed E-state index contributed by atoms with van der Waals surface area (Å²) in [4.78, 5) is 54.8. The van der Waals surface area contributed by atoms with Crippen LogP contribution in [0.15, 0.2) is 48.1 Å². The van der Waals surface area contributed by atoms with Crippen molar-refractivity contribution in [2.24, 2.45) is 5.92 Å². The van der Waals surface area contributed by atoms with Crippen molar-refractivity contribution in [2.75, 3.05) is 33.4 Å². The van der Waals surface area contributed by atoms with Gasteiger partial charge in [-0.05, 0) is 122 Å². The Hall–Kier alpha value is -4.08. The molecule has 2 amide bonds. The monoisotopic (exact) mass is 1000 g/mol. The van der Waals surface area contributed by atoms with Crippen LogP contribution in [0.1, 0.15) is 253 Å². The van der Waals surface area contributed by atoms with Crippen LogP contribution in [0.3, 0.4) is 0 Å². The fourth-order valence-electron chi connectivity index (χ4n) is 9.79. The van der Waals surface area contributed by atoms with Gasteiger partial charge in [-0.3, -0.25) is 19.2 Å². The number of ether oxygens (including phenoxy) is 2. The number of carbonyl (C=O) groups excluding carboxylic acids is 4. The number of hydrogen-bond donors (Lipinski definition) is 2. The molecule has 72 heavy (non-hydrogen) atoms. The van der Waals surface area contributed by atoms with E-state index in [4.69, 9.17) is 9.47 Å². The normalized spacial score (nSPS) is 16.1. The molecule has 0 spiro atoms. The van der Waals surface area contributed by atoms with Crippen molar-refractivity contribution in [1.82, 2.24) is 15.5 Å². The molecule has 1 fully saturated rings. The number of unbranched alkanes of at least 4 members (excludes halogenated alkanes) is 15. The molecule has 0 aromatic carbocycles. The first-order valence-electron chi connectivity index (χ1n) is 29.2. The summed E-state index contributed by atoms with van der Waals surface area (Å²) < 4.78 is 11.0. The number of nitrogens with zero attached hydrogens (tertiary/aromatic N) is 1. The Morgan fingerprint density at radius 1 is 0.681 bits per heavy atom. The predicted octanol–water partition coefficient (Wildman–Crippen LogP) is 14.9. The van der Waals surface area contributed by atoms with E-state index in [9.17, 15) is 19.2 Å². The molecule has 2 unspecified atom stereocenters. The van der Waals surface area contributed by atoms with Gasteiger partial charge in [0.1, 0.15) is 18.8 Å². The van der Waals surface area contributed by atoms with E-state index >= 15 is 0 Å². The maximum Gasteiger partial charge on any atom is 0.305 e. The Kier molecular flexibility index (Phi) is 41.7. The summed E-state index contributed by atoms with van der Waals surface area (Å²) in [5.74, 6) is 12.1. The Morgan fingerprint density at radius 3 is 1.74 bits per heavy atom. The van der Waals surface area contributed by atoms with Gasteiger partial charge in [0.15, 0.2) is 0 Å². The van der Waals surface area contributed by atoms with Gasteiger partial charge >= 0.3 is 11.9 Å². The third-order valence-electron chi connectivity index (χ3n) is 13.7. The second kappa shape index (κ2) is 45.5. The van der Waals surface area contributed by atoms with Gasteiger partial charge < -0.3 is 25.0 Å². The van der Waals surface area contributed by atoms with E-state index in [2.05, 4.69) is 111 Å². The van der Waals surface area contributed by atoms with Crippen LogP contribution in [0.4, 0.5) is 0 Å². The standard InChI is InChI=1S/C44H71N3O6.C19H34/c1-5-7-9-11-13-15-17-19-32-52-40(49)24-21-27-44(47(37-48)31-23-30-45-4,42(51)46-43-29-26-39(36-43)34-38(3)35-43)28-22-25-41(50)53-33-20-18-16-14-12-10-8-6-2;1-3-5-7-9-11-13-15-17-19-18-16-14-12-10-8-6-4-2/h26,37-38,45H,5-14,19-25,27-36H2,1-4H3,(H,46,51);5,7,11,13,17,19H,3-4,6,8-10,12,14-16,18H2,1-2H3/b;7-5-,13-11-,19-17-. The van der Waals surface area contributed by atoms with E-state index in [1.54, 1.807) is 4.90 Å². The number of fused-ring (bicyclic) bond motifs is 2. The van der Waals surface area contributed by atoms with Gasteiger partial charge in [0.25, 0.3) is 0 Å². The molecule has 9 nitrogen and oxygen atoms in total. The summed E-state index contributed by atoms with van der Waals surface area (Å²) in [6.07, 6.45) is 48.9. The quantitative estimate of drug-likeness (QED) is 0.0206. The zero-order chi connectivity index (χ0) is 52.6. The topological polar surface area (TPSA) is 114 Å².